The summed E-state index contributed by atoms with van der Waals surface area (Å²) in [5.41, 5.74) is -0.382. The highest BCUT2D eigenvalue weighted by atomic mass is 127. The van der Waals surface area contributed by atoms with Crippen LogP contribution in [0.5, 0.6) is 0 Å². The van der Waals surface area contributed by atoms with Crippen molar-refractivity contribution in [3.8, 4) is 11.8 Å². The lowest BCUT2D eigenvalue weighted by Gasteiger charge is -2.33. The first-order chi connectivity index (χ1) is 10.4. The Labute approximate surface area is 156 Å². The van der Waals surface area contributed by atoms with Crippen molar-refractivity contribution in [2.45, 2.75) is 37.6 Å². The molecule has 0 unspecified atom stereocenters. The normalized spacial score (nSPS) is 16.3. The number of aliphatic carboxylic acids is 1. The number of hydrogen-bond acceptors (Lipinski definition) is 2. The Kier molecular flexibility index (Phi) is 6.09. The van der Waals surface area contributed by atoms with E-state index in [4.69, 9.17) is 0 Å². The Morgan fingerprint density at radius 2 is 1.86 bits per heavy atom. The first-order valence-corrected chi connectivity index (χ1v) is 9.11. The Bertz CT molecular complexity index is 655. The Morgan fingerprint density at radius 3 is 2.45 bits per heavy atom. The summed E-state index contributed by atoms with van der Waals surface area (Å²) in [6.07, 6.45) is 3.58. The molecule has 6 heteroatoms. The third-order valence-corrected chi connectivity index (χ3v) is 5.27. The molecule has 0 radical (unpaired) electrons. The van der Waals surface area contributed by atoms with Crippen molar-refractivity contribution in [1.29, 1.82) is 0 Å². The zero-order valence-electron chi connectivity index (χ0n) is 11.8. The fourth-order valence-electron chi connectivity index (χ4n) is 2.51. The Balaban J connectivity index is 2.12. The molecule has 0 saturated heterocycles. The minimum atomic E-state index is -1.15. The van der Waals surface area contributed by atoms with Crippen molar-refractivity contribution in [1.82, 2.24) is 5.32 Å². The van der Waals surface area contributed by atoms with Crippen LogP contribution in [0.15, 0.2) is 18.2 Å². The molecule has 0 aliphatic heterocycles. The second-order valence-corrected chi connectivity index (χ2v) is 7.68. The number of carboxylic acid groups (broad SMARTS) is 1. The summed E-state index contributed by atoms with van der Waals surface area (Å²) in [6.45, 7) is 0. The molecule has 1 aliphatic rings. The first kappa shape index (κ1) is 17.5. The number of amides is 1. The Hall–Kier alpha value is -0.820. The van der Waals surface area contributed by atoms with E-state index in [-0.39, 0.29) is 0 Å². The van der Waals surface area contributed by atoms with Gasteiger partial charge in [0.1, 0.15) is 5.54 Å². The van der Waals surface area contributed by atoms with Crippen LogP contribution in [-0.2, 0) is 9.59 Å². The van der Waals surface area contributed by atoms with E-state index >= 15 is 0 Å². The van der Waals surface area contributed by atoms with E-state index in [9.17, 15) is 14.7 Å². The van der Waals surface area contributed by atoms with Gasteiger partial charge in [0.15, 0.2) is 0 Å². The van der Waals surface area contributed by atoms with E-state index in [0.717, 1.165) is 32.0 Å². The molecule has 0 spiro atoms. The molecular weight excluding hydrogens is 508 g/mol. The molecule has 0 aromatic heterocycles. The van der Waals surface area contributed by atoms with E-state index in [1.807, 2.05) is 18.2 Å². The van der Waals surface area contributed by atoms with Crippen molar-refractivity contribution < 1.29 is 14.7 Å². The molecule has 0 atom stereocenters. The molecule has 1 amide bonds. The van der Waals surface area contributed by atoms with Gasteiger partial charge in [-0.25, -0.2) is 4.79 Å². The van der Waals surface area contributed by atoms with Gasteiger partial charge in [0.05, 0.1) is 0 Å². The van der Waals surface area contributed by atoms with E-state index in [0.29, 0.717) is 12.8 Å². The molecule has 0 heterocycles. The number of benzene rings is 1. The number of rotatable bonds is 2. The first-order valence-electron chi connectivity index (χ1n) is 6.95. The quantitative estimate of drug-likeness (QED) is 0.463. The summed E-state index contributed by atoms with van der Waals surface area (Å²) >= 11 is 4.38. The zero-order chi connectivity index (χ0) is 16.2. The minimum Gasteiger partial charge on any atom is -0.480 e. The molecule has 22 heavy (non-hydrogen) atoms. The molecule has 1 aromatic rings. The van der Waals surface area contributed by atoms with Crippen LogP contribution in [0.3, 0.4) is 0 Å². The number of halogens is 2. The highest BCUT2D eigenvalue weighted by Gasteiger charge is 2.40. The molecular formula is C16H15I2NO3. The van der Waals surface area contributed by atoms with Gasteiger partial charge in [-0.15, -0.1) is 0 Å². The van der Waals surface area contributed by atoms with Crippen LogP contribution in [-0.4, -0.2) is 22.5 Å². The zero-order valence-corrected chi connectivity index (χ0v) is 16.1. The van der Waals surface area contributed by atoms with Gasteiger partial charge in [-0.2, -0.15) is 0 Å². The van der Waals surface area contributed by atoms with Crippen molar-refractivity contribution in [3.63, 3.8) is 0 Å². The summed E-state index contributed by atoms with van der Waals surface area (Å²) in [4.78, 5) is 23.5. The molecule has 2 rings (SSSR count). The molecule has 0 bridgehead atoms. The van der Waals surface area contributed by atoms with Crippen molar-refractivity contribution in [2.75, 3.05) is 0 Å². The van der Waals surface area contributed by atoms with Crippen LogP contribution in [0.25, 0.3) is 0 Å². The predicted molar refractivity (Wildman–Crippen MR) is 100 cm³/mol. The lowest BCUT2D eigenvalue weighted by Crippen LogP contribution is -2.55. The number of nitrogens with one attached hydrogen (secondary N) is 1. The molecule has 1 fully saturated rings. The summed E-state index contributed by atoms with van der Waals surface area (Å²) in [6, 6.07) is 5.75. The minimum absolute atomic E-state index is 0.469. The van der Waals surface area contributed by atoms with Crippen LogP contribution in [0, 0.1) is 19.0 Å². The molecule has 1 saturated carbocycles. The van der Waals surface area contributed by atoms with Gasteiger partial charge in [0, 0.05) is 18.6 Å². The van der Waals surface area contributed by atoms with Crippen LogP contribution in [0.4, 0.5) is 0 Å². The summed E-state index contributed by atoms with van der Waals surface area (Å²) in [5, 5.41) is 12.0. The number of carbonyl (C=O) groups excluding carboxylic acids is 1. The maximum atomic E-state index is 12.0. The predicted octanol–water partition coefficient (Wildman–Crippen LogP) is 3.15. The summed E-state index contributed by atoms with van der Waals surface area (Å²) in [5.74, 6) is 3.84. The van der Waals surface area contributed by atoms with E-state index in [1.165, 1.54) is 0 Å². The van der Waals surface area contributed by atoms with Gasteiger partial charge in [-0.05, 0) is 76.2 Å². The third-order valence-electron chi connectivity index (χ3n) is 3.71. The van der Waals surface area contributed by atoms with Gasteiger partial charge >= 0.3 is 5.97 Å². The average molecular weight is 523 g/mol. The van der Waals surface area contributed by atoms with Gasteiger partial charge in [0.25, 0.3) is 5.91 Å². The fraction of sp³-hybridized carbons (Fsp3) is 0.375. The van der Waals surface area contributed by atoms with Crippen molar-refractivity contribution in [3.05, 3.63) is 30.9 Å². The van der Waals surface area contributed by atoms with Gasteiger partial charge in [-0.1, -0.05) is 25.2 Å². The summed E-state index contributed by atoms with van der Waals surface area (Å²) < 4.78 is 2.07. The van der Waals surface area contributed by atoms with Crippen molar-refractivity contribution >= 4 is 57.1 Å². The van der Waals surface area contributed by atoms with Crippen LogP contribution in [0.2, 0.25) is 0 Å². The number of hydrogen-bond donors (Lipinski definition) is 2. The Morgan fingerprint density at radius 1 is 1.18 bits per heavy atom. The van der Waals surface area contributed by atoms with Crippen molar-refractivity contribution in [2.24, 2.45) is 0 Å². The standard InChI is InChI=1S/C16H15I2NO3/c17-12-6-4-11(13(18)10-12)5-7-14(20)19-16(15(21)22)8-2-1-3-9-16/h4,6,10H,1-3,8-9H2,(H,19,20)(H,21,22). The van der Waals surface area contributed by atoms with Gasteiger partial charge in [-0.3, -0.25) is 4.79 Å². The van der Waals surface area contributed by atoms with Crippen LogP contribution in [0.1, 0.15) is 37.7 Å². The largest absolute Gasteiger partial charge is 0.480 e. The monoisotopic (exact) mass is 523 g/mol. The highest BCUT2D eigenvalue weighted by molar-refractivity contribution is 14.1. The van der Waals surface area contributed by atoms with Gasteiger partial charge < -0.3 is 10.4 Å². The third kappa shape index (κ3) is 4.35. The molecule has 2 N–H and O–H groups in total. The summed E-state index contributed by atoms with van der Waals surface area (Å²) in [7, 11) is 0. The van der Waals surface area contributed by atoms with E-state index < -0.39 is 17.4 Å². The van der Waals surface area contributed by atoms with E-state index in [1.54, 1.807) is 0 Å². The molecule has 1 aliphatic carbocycles. The average Bonchev–Trinajstić information content (AvgIpc) is 2.47. The molecule has 116 valence electrons. The van der Waals surface area contributed by atoms with E-state index in [2.05, 4.69) is 62.3 Å². The smallest absolute Gasteiger partial charge is 0.329 e. The second-order valence-electron chi connectivity index (χ2n) is 5.28. The molecule has 1 aromatic carbocycles. The maximum Gasteiger partial charge on any atom is 0.329 e. The van der Waals surface area contributed by atoms with Gasteiger partial charge in [0.2, 0.25) is 0 Å². The SMILES string of the molecule is O=C(C#Cc1ccc(I)cc1I)NC1(C(=O)O)CCCCC1. The number of carboxylic acids is 1. The van der Waals surface area contributed by atoms with Crippen LogP contribution >= 0.6 is 45.2 Å². The maximum absolute atomic E-state index is 12.0. The lowest BCUT2D eigenvalue weighted by molar-refractivity contribution is -0.148. The lowest BCUT2D eigenvalue weighted by atomic mass is 9.81. The topological polar surface area (TPSA) is 66.4 Å². The number of carbonyl (C=O) groups is 2. The second kappa shape index (κ2) is 7.64. The fourth-order valence-corrected chi connectivity index (χ4v) is 4.25. The molecule has 4 nitrogen and oxygen atoms in total. The highest BCUT2D eigenvalue weighted by Crippen LogP contribution is 2.28. The van der Waals surface area contributed by atoms with Crippen LogP contribution < -0.4 is 5.32 Å².